The Morgan fingerprint density at radius 2 is 2.07 bits per heavy atom. The van der Waals surface area contributed by atoms with Crippen molar-refractivity contribution in [3.63, 3.8) is 0 Å². The van der Waals surface area contributed by atoms with Gasteiger partial charge in [0.2, 0.25) is 15.9 Å². The van der Waals surface area contributed by atoms with E-state index in [0.717, 1.165) is 10.6 Å². The number of thioether (sulfide) groups is 1. The van der Waals surface area contributed by atoms with E-state index >= 15 is 0 Å². The topological polar surface area (TPSA) is 75.7 Å². The fraction of sp³-hybridized carbons (Fsp3) is 0.381. The van der Waals surface area contributed by atoms with E-state index in [1.54, 1.807) is 17.8 Å². The van der Waals surface area contributed by atoms with Crippen LogP contribution in [-0.2, 0) is 14.8 Å². The van der Waals surface area contributed by atoms with Gasteiger partial charge in [-0.2, -0.15) is 4.31 Å². The van der Waals surface area contributed by atoms with Crippen molar-refractivity contribution in [1.29, 1.82) is 0 Å². The second-order valence-electron chi connectivity index (χ2n) is 6.92. The standard InChI is InChI=1S/C21H25ClN2O4S2/c1-3-28-19-11-10-16(13-17(19)22)30(26,27)24-12-6-7-15(14-24)21(25)23-18-8-4-5-9-20(18)29-2/h4-5,8-11,13,15H,3,6-7,12,14H2,1-2H3,(H,23,25)/t15-/m0/s1. The molecule has 3 rings (SSSR count). The zero-order chi connectivity index (χ0) is 21.7. The fourth-order valence-corrected chi connectivity index (χ4v) is 5.83. The van der Waals surface area contributed by atoms with Crippen molar-refractivity contribution in [2.24, 2.45) is 5.92 Å². The van der Waals surface area contributed by atoms with Gasteiger partial charge in [0.15, 0.2) is 0 Å². The Bertz CT molecular complexity index is 1010. The quantitative estimate of drug-likeness (QED) is 0.605. The van der Waals surface area contributed by atoms with Gasteiger partial charge >= 0.3 is 0 Å². The molecule has 1 aliphatic heterocycles. The molecule has 2 aromatic rings. The first-order valence-electron chi connectivity index (χ1n) is 9.73. The molecule has 0 unspecified atom stereocenters. The number of amides is 1. The molecule has 2 aromatic carbocycles. The van der Waals surface area contributed by atoms with Crippen LogP contribution in [-0.4, -0.2) is 44.6 Å². The molecule has 1 atom stereocenters. The average Bonchev–Trinajstić information content (AvgIpc) is 2.75. The molecule has 0 aromatic heterocycles. The smallest absolute Gasteiger partial charge is 0.243 e. The predicted octanol–water partition coefficient (Wildman–Crippen LogP) is 4.50. The highest BCUT2D eigenvalue weighted by Crippen LogP contribution is 2.31. The zero-order valence-electron chi connectivity index (χ0n) is 16.9. The summed E-state index contributed by atoms with van der Waals surface area (Å²) in [5, 5.41) is 3.20. The number of nitrogens with one attached hydrogen (secondary N) is 1. The maximum absolute atomic E-state index is 13.1. The van der Waals surface area contributed by atoms with Crippen LogP contribution in [0.1, 0.15) is 19.8 Å². The first kappa shape index (κ1) is 22.9. The highest BCUT2D eigenvalue weighted by Gasteiger charge is 2.33. The van der Waals surface area contributed by atoms with Crippen molar-refractivity contribution in [2.75, 3.05) is 31.3 Å². The third kappa shape index (κ3) is 5.11. The van der Waals surface area contributed by atoms with Gasteiger partial charge in [0.05, 0.1) is 28.1 Å². The number of carbonyl (C=O) groups excluding carboxylic acids is 1. The number of piperidine rings is 1. The minimum Gasteiger partial charge on any atom is -0.492 e. The van der Waals surface area contributed by atoms with Crippen molar-refractivity contribution in [3.05, 3.63) is 47.5 Å². The summed E-state index contributed by atoms with van der Waals surface area (Å²) in [6, 6.07) is 12.0. The van der Waals surface area contributed by atoms with Gasteiger partial charge < -0.3 is 10.1 Å². The first-order chi connectivity index (χ1) is 14.4. The Morgan fingerprint density at radius 3 is 2.77 bits per heavy atom. The summed E-state index contributed by atoms with van der Waals surface area (Å²) in [7, 11) is -3.76. The largest absolute Gasteiger partial charge is 0.492 e. The Hall–Kier alpha value is -1.74. The second kappa shape index (κ2) is 10.0. The minimum absolute atomic E-state index is 0.102. The molecule has 6 nitrogen and oxygen atoms in total. The van der Waals surface area contributed by atoms with E-state index in [4.69, 9.17) is 16.3 Å². The van der Waals surface area contributed by atoms with Crippen LogP contribution in [0, 0.1) is 5.92 Å². The normalized spacial score (nSPS) is 17.5. The maximum atomic E-state index is 13.1. The average molecular weight is 469 g/mol. The molecule has 30 heavy (non-hydrogen) atoms. The molecule has 1 saturated heterocycles. The number of hydrogen-bond acceptors (Lipinski definition) is 5. The molecule has 0 radical (unpaired) electrons. The number of anilines is 1. The molecular formula is C21H25ClN2O4S2. The van der Waals surface area contributed by atoms with E-state index in [1.165, 1.54) is 16.4 Å². The van der Waals surface area contributed by atoms with Gasteiger partial charge in [0.25, 0.3) is 0 Å². The SMILES string of the molecule is CCOc1ccc(S(=O)(=O)N2CCC[C@H](C(=O)Nc3ccccc3SC)C2)cc1Cl. The van der Waals surface area contributed by atoms with Crippen molar-refractivity contribution in [1.82, 2.24) is 4.31 Å². The first-order valence-corrected chi connectivity index (χ1v) is 12.8. The van der Waals surface area contributed by atoms with Crippen molar-refractivity contribution in [2.45, 2.75) is 29.6 Å². The van der Waals surface area contributed by atoms with E-state index in [-0.39, 0.29) is 22.4 Å². The van der Waals surface area contributed by atoms with Gasteiger partial charge in [-0.05, 0) is 56.4 Å². The summed E-state index contributed by atoms with van der Waals surface area (Å²) < 4.78 is 33.0. The predicted molar refractivity (Wildman–Crippen MR) is 121 cm³/mol. The third-order valence-electron chi connectivity index (χ3n) is 4.96. The van der Waals surface area contributed by atoms with Crippen LogP contribution in [0.15, 0.2) is 52.3 Å². The van der Waals surface area contributed by atoms with Gasteiger partial charge in [-0.1, -0.05) is 23.7 Å². The Kier molecular flexibility index (Phi) is 7.68. The monoisotopic (exact) mass is 468 g/mol. The maximum Gasteiger partial charge on any atom is 0.243 e. The zero-order valence-corrected chi connectivity index (χ0v) is 19.3. The number of rotatable bonds is 7. The third-order valence-corrected chi connectivity index (χ3v) is 7.91. The molecular weight excluding hydrogens is 444 g/mol. The summed E-state index contributed by atoms with van der Waals surface area (Å²) in [4.78, 5) is 13.9. The molecule has 1 heterocycles. The van der Waals surface area contributed by atoms with Crippen LogP contribution in [0.4, 0.5) is 5.69 Å². The number of halogens is 1. The van der Waals surface area contributed by atoms with E-state index in [0.29, 0.717) is 31.7 Å². The lowest BCUT2D eigenvalue weighted by molar-refractivity contribution is -0.120. The number of nitrogens with zero attached hydrogens (tertiary/aromatic N) is 1. The second-order valence-corrected chi connectivity index (χ2v) is 10.1. The van der Waals surface area contributed by atoms with Crippen LogP contribution in [0.25, 0.3) is 0 Å². The lowest BCUT2D eigenvalue weighted by Crippen LogP contribution is -2.43. The van der Waals surface area contributed by atoms with E-state index in [2.05, 4.69) is 5.32 Å². The molecule has 0 bridgehead atoms. The Labute approximate surface area is 187 Å². The van der Waals surface area contributed by atoms with Crippen molar-refractivity contribution < 1.29 is 17.9 Å². The molecule has 162 valence electrons. The molecule has 1 N–H and O–H groups in total. The molecule has 0 saturated carbocycles. The van der Waals surface area contributed by atoms with Gasteiger partial charge in [-0.3, -0.25) is 4.79 Å². The molecule has 9 heteroatoms. The molecule has 1 fully saturated rings. The van der Waals surface area contributed by atoms with Crippen molar-refractivity contribution in [3.8, 4) is 5.75 Å². The number of sulfonamides is 1. The lowest BCUT2D eigenvalue weighted by atomic mass is 9.99. The van der Waals surface area contributed by atoms with Crippen molar-refractivity contribution >= 4 is 45.0 Å². The molecule has 0 spiro atoms. The number of carbonyl (C=O) groups is 1. The van der Waals surface area contributed by atoms with E-state index in [9.17, 15) is 13.2 Å². The molecule has 1 aliphatic rings. The Morgan fingerprint density at radius 1 is 1.30 bits per heavy atom. The highest BCUT2D eigenvalue weighted by molar-refractivity contribution is 7.98. The Balaban J connectivity index is 1.75. The lowest BCUT2D eigenvalue weighted by Gasteiger charge is -2.31. The highest BCUT2D eigenvalue weighted by atomic mass is 35.5. The van der Waals surface area contributed by atoms with Crippen LogP contribution < -0.4 is 10.1 Å². The molecule has 0 aliphatic carbocycles. The van der Waals surface area contributed by atoms with Crippen LogP contribution in [0.2, 0.25) is 5.02 Å². The summed E-state index contributed by atoms with van der Waals surface area (Å²) in [6.07, 6.45) is 3.21. The van der Waals surface area contributed by atoms with Gasteiger partial charge in [-0.15, -0.1) is 11.8 Å². The van der Waals surface area contributed by atoms with Gasteiger partial charge in [0, 0.05) is 18.0 Å². The van der Waals surface area contributed by atoms with Gasteiger partial charge in [0.1, 0.15) is 5.75 Å². The van der Waals surface area contributed by atoms with Gasteiger partial charge in [-0.25, -0.2) is 8.42 Å². The van der Waals surface area contributed by atoms with Crippen LogP contribution in [0.3, 0.4) is 0 Å². The van der Waals surface area contributed by atoms with Crippen LogP contribution in [0.5, 0.6) is 5.75 Å². The van der Waals surface area contributed by atoms with E-state index in [1.807, 2.05) is 37.4 Å². The minimum atomic E-state index is -3.76. The number of para-hydroxylation sites is 1. The number of ether oxygens (including phenoxy) is 1. The van der Waals surface area contributed by atoms with Crippen LogP contribution >= 0.6 is 23.4 Å². The molecule has 1 amide bonds. The van der Waals surface area contributed by atoms with E-state index < -0.39 is 15.9 Å². The summed E-state index contributed by atoms with van der Waals surface area (Å²) in [6.45, 7) is 2.78. The summed E-state index contributed by atoms with van der Waals surface area (Å²) >= 11 is 7.73. The fourth-order valence-electron chi connectivity index (χ4n) is 3.42. The summed E-state index contributed by atoms with van der Waals surface area (Å²) in [5.74, 6) is -0.135. The summed E-state index contributed by atoms with van der Waals surface area (Å²) in [5.41, 5.74) is 0.744. The number of benzene rings is 2. The number of hydrogen-bond donors (Lipinski definition) is 1.